The smallest absolute Gasteiger partial charge is 0.310 e. The maximum Gasteiger partial charge on any atom is 0.310 e. The van der Waals surface area contributed by atoms with Crippen LogP contribution in [0, 0.1) is 5.41 Å². The first-order valence-corrected chi connectivity index (χ1v) is 9.42. The zero-order chi connectivity index (χ0) is 20.3. The van der Waals surface area contributed by atoms with Gasteiger partial charge in [0.05, 0.1) is 19.6 Å². The molecule has 1 aromatic rings. The zero-order valence-electron chi connectivity index (χ0n) is 16.3. The Kier molecular flexibility index (Phi) is 5.76. The molecule has 2 aliphatic rings. The molecule has 0 bridgehead atoms. The highest BCUT2D eigenvalue weighted by Crippen LogP contribution is 2.44. The molecule has 1 heterocycles. The van der Waals surface area contributed by atoms with Gasteiger partial charge in [0.1, 0.15) is 11.5 Å². The summed E-state index contributed by atoms with van der Waals surface area (Å²) in [6.45, 7) is 1.62. The number of aliphatic carboxylic acids is 1. The molecule has 1 saturated heterocycles. The van der Waals surface area contributed by atoms with Crippen LogP contribution in [0.5, 0.6) is 11.5 Å². The molecular weight excluding hydrogens is 364 g/mol. The Balaban J connectivity index is 1.60. The van der Waals surface area contributed by atoms with Crippen LogP contribution in [0.15, 0.2) is 18.2 Å². The average Bonchev–Trinajstić information content (AvgIpc) is 2.69. The lowest BCUT2D eigenvalue weighted by Crippen LogP contribution is -2.52. The molecule has 1 aromatic carbocycles. The third-order valence-electron chi connectivity index (χ3n) is 5.77. The van der Waals surface area contributed by atoms with Crippen molar-refractivity contribution in [1.82, 2.24) is 9.80 Å². The number of nitrogens with zero attached hydrogens (tertiary/aromatic N) is 2. The van der Waals surface area contributed by atoms with Gasteiger partial charge in [0, 0.05) is 44.2 Å². The van der Waals surface area contributed by atoms with Gasteiger partial charge in [0.2, 0.25) is 5.91 Å². The first kappa shape index (κ1) is 20.0. The summed E-state index contributed by atoms with van der Waals surface area (Å²) in [5.74, 6) is -0.0950. The minimum Gasteiger partial charge on any atom is -0.497 e. The van der Waals surface area contributed by atoms with Crippen LogP contribution < -0.4 is 9.47 Å². The number of carbonyl (C=O) groups excluding carboxylic acids is 2. The van der Waals surface area contributed by atoms with Gasteiger partial charge in [-0.2, -0.15) is 0 Å². The number of hydrogen-bond donors (Lipinski definition) is 1. The van der Waals surface area contributed by atoms with E-state index in [0.717, 1.165) is 6.42 Å². The summed E-state index contributed by atoms with van der Waals surface area (Å²) in [5, 5.41) is 9.41. The van der Waals surface area contributed by atoms with E-state index >= 15 is 0 Å². The summed E-state index contributed by atoms with van der Waals surface area (Å²) in [6.07, 6.45) is 2.02. The summed E-state index contributed by atoms with van der Waals surface area (Å²) < 4.78 is 10.4. The van der Waals surface area contributed by atoms with Crippen LogP contribution in [-0.2, 0) is 9.59 Å². The van der Waals surface area contributed by atoms with E-state index < -0.39 is 11.4 Å². The number of methoxy groups -OCH3 is 2. The van der Waals surface area contributed by atoms with Gasteiger partial charge in [0.25, 0.3) is 5.91 Å². The quantitative estimate of drug-likeness (QED) is 0.793. The minimum absolute atomic E-state index is 0.0450. The topological polar surface area (TPSA) is 96.4 Å². The van der Waals surface area contributed by atoms with Gasteiger partial charge < -0.3 is 24.4 Å². The lowest BCUT2D eigenvalue weighted by Gasteiger charge is -2.40. The summed E-state index contributed by atoms with van der Waals surface area (Å²) in [4.78, 5) is 40.2. The molecule has 2 amide bonds. The molecule has 0 spiro atoms. The van der Waals surface area contributed by atoms with Crippen molar-refractivity contribution >= 4 is 17.8 Å². The number of carboxylic acids is 1. The predicted molar refractivity (Wildman–Crippen MR) is 101 cm³/mol. The van der Waals surface area contributed by atoms with E-state index in [1.54, 1.807) is 28.0 Å². The molecule has 152 valence electrons. The number of carboxylic acid groups (broad SMARTS) is 1. The Morgan fingerprint density at radius 1 is 0.964 bits per heavy atom. The normalized spacial score (nSPS) is 18.2. The number of amides is 2. The van der Waals surface area contributed by atoms with E-state index in [2.05, 4.69) is 0 Å². The Labute approximate surface area is 164 Å². The number of ether oxygens (including phenoxy) is 2. The summed E-state index contributed by atoms with van der Waals surface area (Å²) in [6, 6.07) is 5.03. The molecule has 28 heavy (non-hydrogen) atoms. The van der Waals surface area contributed by atoms with Crippen molar-refractivity contribution in [2.45, 2.75) is 25.7 Å². The monoisotopic (exact) mass is 390 g/mol. The molecule has 8 nitrogen and oxygen atoms in total. The van der Waals surface area contributed by atoms with E-state index in [0.29, 0.717) is 56.1 Å². The fraction of sp³-hybridized carbons (Fsp3) is 0.550. The van der Waals surface area contributed by atoms with Gasteiger partial charge in [-0.1, -0.05) is 6.42 Å². The van der Waals surface area contributed by atoms with Gasteiger partial charge in [0.15, 0.2) is 0 Å². The highest BCUT2D eigenvalue weighted by Gasteiger charge is 2.46. The van der Waals surface area contributed by atoms with E-state index in [-0.39, 0.29) is 18.2 Å². The van der Waals surface area contributed by atoms with Crippen LogP contribution in [-0.4, -0.2) is 73.1 Å². The molecule has 8 heteroatoms. The SMILES string of the molecule is COc1cc(OC)cc(C(=O)N2CCN(C(=O)CC3(C(=O)O)CCC3)CC2)c1. The van der Waals surface area contributed by atoms with E-state index in [4.69, 9.17) is 9.47 Å². The van der Waals surface area contributed by atoms with Crippen LogP contribution in [0.2, 0.25) is 0 Å². The predicted octanol–water partition coefficient (Wildman–Crippen LogP) is 1.63. The second-order valence-corrected chi connectivity index (χ2v) is 7.39. The second kappa shape index (κ2) is 8.08. The van der Waals surface area contributed by atoms with Crippen molar-refractivity contribution in [3.63, 3.8) is 0 Å². The van der Waals surface area contributed by atoms with Crippen LogP contribution in [0.4, 0.5) is 0 Å². The third-order valence-corrected chi connectivity index (χ3v) is 5.77. The number of benzene rings is 1. The first-order chi connectivity index (χ1) is 13.4. The maximum atomic E-state index is 12.8. The molecule has 0 unspecified atom stereocenters. The van der Waals surface area contributed by atoms with E-state index in [9.17, 15) is 19.5 Å². The summed E-state index contributed by atoms with van der Waals surface area (Å²) in [7, 11) is 3.05. The maximum absolute atomic E-state index is 12.8. The molecule has 1 aliphatic heterocycles. The number of rotatable bonds is 6. The molecule has 1 aliphatic carbocycles. The summed E-state index contributed by atoms with van der Waals surface area (Å²) >= 11 is 0. The lowest BCUT2D eigenvalue weighted by molar-refractivity contribution is -0.159. The Hall–Kier alpha value is -2.77. The largest absolute Gasteiger partial charge is 0.497 e. The zero-order valence-corrected chi connectivity index (χ0v) is 16.3. The number of carbonyl (C=O) groups is 3. The standard InChI is InChI=1S/C20H26N2O6/c1-27-15-10-14(11-16(12-15)28-2)18(24)22-8-6-21(7-9-22)17(23)13-20(19(25)26)4-3-5-20/h10-12H,3-9,13H2,1-2H3,(H,25,26). The minimum atomic E-state index is -0.888. The van der Waals surface area contributed by atoms with Crippen molar-refractivity contribution in [2.24, 2.45) is 5.41 Å². The first-order valence-electron chi connectivity index (χ1n) is 9.42. The Bertz CT molecular complexity index is 744. The molecule has 3 rings (SSSR count). The van der Waals surface area contributed by atoms with Crippen molar-refractivity contribution < 1.29 is 29.0 Å². The molecule has 1 N–H and O–H groups in total. The van der Waals surface area contributed by atoms with Gasteiger partial charge in [-0.25, -0.2) is 0 Å². The number of hydrogen-bond acceptors (Lipinski definition) is 5. The highest BCUT2D eigenvalue weighted by molar-refractivity contribution is 5.95. The van der Waals surface area contributed by atoms with Gasteiger partial charge in [-0.3, -0.25) is 14.4 Å². The Morgan fingerprint density at radius 3 is 1.93 bits per heavy atom. The fourth-order valence-electron chi connectivity index (χ4n) is 3.74. The van der Waals surface area contributed by atoms with Crippen LogP contribution in [0.1, 0.15) is 36.0 Å². The van der Waals surface area contributed by atoms with Gasteiger partial charge in [-0.05, 0) is 25.0 Å². The van der Waals surface area contributed by atoms with Crippen LogP contribution in [0.3, 0.4) is 0 Å². The molecule has 2 fully saturated rings. The van der Waals surface area contributed by atoms with Crippen molar-refractivity contribution in [3.8, 4) is 11.5 Å². The summed E-state index contributed by atoms with van der Waals surface area (Å²) in [5.41, 5.74) is -0.420. The van der Waals surface area contributed by atoms with E-state index in [1.807, 2.05) is 0 Å². The van der Waals surface area contributed by atoms with E-state index in [1.165, 1.54) is 14.2 Å². The Morgan fingerprint density at radius 2 is 1.50 bits per heavy atom. The number of piperazine rings is 1. The highest BCUT2D eigenvalue weighted by atomic mass is 16.5. The molecule has 1 saturated carbocycles. The molecule has 0 aromatic heterocycles. The van der Waals surface area contributed by atoms with Gasteiger partial charge >= 0.3 is 5.97 Å². The molecule has 0 atom stereocenters. The molecular formula is C20H26N2O6. The second-order valence-electron chi connectivity index (χ2n) is 7.39. The molecule has 0 radical (unpaired) electrons. The third kappa shape index (κ3) is 3.90. The van der Waals surface area contributed by atoms with Crippen molar-refractivity contribution in [2.75, 3.05) is 40.4 Å². The van der Waals surface area contributed by atoms with Crippen LogP contribution >= 0.6 is 0 Å². The van der Waals surface area contributed by atoms with Crippen molar-refractivity contribution in [1.29, 1.82) is 0 Å². The van der Waals surface area contributed by atoms with Crippen molar-refractivity contribution in [3.05, 3.63) is 23.8 Å². The average molecular weight is 390 g/mol. The lowest BCUT2D eigenvalue weighted by atomic mass is 9.66. The van der Waals surface area contributed by atoms with Crippen LogP contribution in [0.25, 0.3) is 0 Å². The van der Waals surface area contributed by atoms with Gasteiger partial charge in [-0.15, -0.1) is 0 Å². The fourth-order valence-corrected chi connectivity index (χ4v) is 3.74.